The topological polar surface area (TPSA) is 63.1 Å². The Morgan fingerprint density at radius 2 is 1.63 bits per heavy atom. The Hall–Kier alpha value is -2.08. The van der Waals surface area contributed by atoms with E-state index in [-0.39, 0.29) is 22.8 Å². The van der Waals surface area contributed by atoms with Gasteiger partial charge < -0.3 is 19.9 Å². The fraction of sp³-hybridized carbons (Fsp3) is 0.667. The van der Waals surface area contributed by atoms with Crippen molar-refractivity contribution in [2.75, 3.05) is 39.3 Å². The van der Waals surface area contributed by atoms with Crippen LogP contribution in [0.2, 0.25) is 0 Å². The first-order valence-electron chi connectivity index (χ1n) is 11.1. The largest absolute Gasteiger partial charge is 0.494 e. The number of nitrogens with zero attached hydrogens (tertiary/aromatic N) is 1. The third-order valence-corrected chi connectivity index (χ3v) is 5.27. The molecule has 0 spiro atoms. The van der Waals surface area contributed by atoms with Crippen molar-refractivity contribution in [2.45, 2.75) is 65.3 Å². The Morgan fingerprint density at radius 1 is 1.03 bits per heavy atom. The zero-order valence-electron chi connectivity index (χ0n) is 19.6. The molecular weight excluding hydrogens is 378 g/mol. The van der Waals surface area contributed by atoms with E-state index < -0.39 is 0 Å². The second-order valence-electron chi connectivity index (χ2n) is 10.3. The predicted molar refractivity (Wildman–Crippen MR) is 120 cm³/mol. The number of nitrogens with one attached hydrogen (secondary N) is 2. The van der Waals surface area contributed by atoms with E-state index in [1.54, 1.807) is 0 Å². The summed E-state index contributed by atoms with van der Waals surface area (Å²) in [7, 11) is 0. The molecule has 2 rings (SSSR count). The molecule has 1 aromatic rings. The van der Waals surface area contributed by atoms with Crippen molar-refractivity contribution in [1.82, 2.24) is 10.2 Å². The summed E-state index contributed by atoms with van der Waals surface area (Å²) >= 11 is 0. The number of hydrogen-bond donors (Lipinski definition) is 2. The maximum Gasteiger partial charge on any atom is 0.275 e. The molecule has 1 fully saturated rings. The monoisotopic (exact) mass is 418 g/mol. The highest BCUT2D eigenvalue weighted by Gasteiger charge is 2.26. The molecule has 6 heteroatoms. The number of amides is 2. The zero-order chi connectivity index (χ0) is 22.4. The lowest BCUT2D eigenvalue weighted by Crippen LogP contribution is -3.16. The molecule has 2 amide bonds. The van der Waals surface area contributed by atoms with Gasteiger partial charge in [-0.25, -0.2) is 0 Å². The molecule has 1 heterocycles. The lowest BCUT2D eigenvalue weighted by atomic mass is 9.87. The van der Waals surface area contributed by atoms with Gasteiger partial charge in [0.1, 0.15) is 5.75 Å². The first-order chi connectivity index (χ1) is 13.9. The molecule has 0 saturated carbocycles. The van der Waals surface area contributed by atoms with Gasteiger partial charge in [0.2, 0.25) is 5.91 Å². The van der Waals surface area contributed by atoms with Crippen LogP contribution in [-0.2, 0) is 15.0 Å². The number of rotatable bonds is 7. The van der Waals surface area contributed by atoms with Gasteiger partial charge in [0.15, 0.2) is 6.54 Å². The lowest BCUT2D eigenvalue weighted by molar-refractivity contribution is -0.896. The molecule has 6 nitrogen and oxygen atoms in total. The minimum atomic E-state index is -0.203. The number of quaternary nitrogens is 1. The third-order valence-electron chi connectivity index (χ3n) is 5.27. The second-order valence-corrected chi connectivity index (χ2v) is 10.3. The van der Waals surface area contributed by atoms with E-state index in [1.165, 1.54) is 10.5 Å². The highest BCUT2D eigenvalue weighted by molar-refractivity contribution is 5.77. The zero-order valence-corrected chi connectivity index (χ0v) is 19.6. The van der Waals surface area contributed by atoms with Crippen molar-refractivity contribution in [1.29, 1.82) is 0 Å². The van der Waals surface area contributed by atoms with Gasteiger partial charge in [-0.15, -0.1) is 0 Å². The Morgan fingerprint density at radius 3 is 2.17 bits per heavy atom. The molecule has 1 aromatic carbocycles. The van der Waals surface area contributed by atoms with Crippen LogP contribution in [0.25, 0.3) is 0 Å². The number of piperazine rings is 1. The van der Waals surface area contributed by atoms with Crippen LogP contribution >= 0.6 is 0 Å². The molecule has 1 saturated heterocycles. The Kier molecular flexibility index (Phi) is 8.30. The summed E-state index contributed by atoms with van der Waals surface area (Å²) in [6.07, 6.45) is 1.21. The van der Waals surface area contributed by atoms with Gasteiger partial charge in [0.05, 0.1) is 32.8 Å². The van der Waals surface area contributed by atoms with E-state index in [4.69, 9.17) is 4.74 Å². The van der Waals surface area contributed by atoms with Crippen LogP contribution in [0.5, 0.6) is 5.75 Å². The van der Waals surface area contributed by atoms with Gasteiger partial charge in [-0.2, -0.15) is 0 Å². The smallest absolute Gasteiger partial charge is 0.275 e. The van der Waals surface area contributed by atoms with E-state index >= 15 is 0 Å². The number of hydrogen-bond acceptors (Lipinski definition) is 3. The fourth-order valence-electron chi connectivity index (χ4n) is 3.56. The first kappa shape index (κ1) is 24.2. The van der Waals surface area contributed by atoms with Crippen molar-refractivity contribution >= 4 is 11.8 Å². The molecule has 30 heavy (non-hydrogen) atoms. The Bertz CT molecular complexity index is 694. The van der Waals surface area contributed by atoms with Gasteiger partial charge in [-0.1, -0.05) is 32.9 Å². The van der Waals surface area contributed by atoms with Crippen LogP contribution in [0.1, 0.15) is 59.9 Å². The highest BCUT2D eigenvalue weighted by Crippen LogP contribution is 2.24. The summed E-state index contributed by atoms with van der Waals surface area (Å²) in [5.41, 5.74) is 1.21. The molecule has 0 aliphatic carbocycles. The van der Waals surface area contributed by atoms with E-state index in [0.29, 0.717) is 39.1 Å². The SMILES string of the molecule is CC(C)(C)NC(=O)C[NH+]1CCN(C(=O)CCCOc2ccc(C(C)(C)C)cc2)CC1. The summed E-state index contributed by atoms with van der Waals surface area (Å²) in [4.78, 5) is 27.7. The number of carbonyl (C=O) groups is 2. The maximum atomic E-state index is 12.5. The summed E-state index contributed by atoms with van der Waals surface area (Å²) in [5, 5.41) is 3.00. The van der Waals surface area contributed by atoms with Crippen molar-refractivity contribution in [3.8, 4) is 5.75 Å². The lowest BCUT2D eigenvalue weighted by Gasteiger charge is -2.32. The second kappa shape index (κ2) is 10.3. The number of ether oxygens (including phenoxy) is 1. The summed E-state index contributed by atoms with van der Waals surface area (Å²) in [5.74, 6) is 1.10. The number of carbonyl (C=O) groups excluding carboxylic acids is 2. The predicted octanol–water partition coefficient (Wildman–Crippen LogP) is 1.78. The standard InChI is InChI=1S/C24H39N3O3/c1-23(2,3)19-9-11-20(12-10-19)30-17-7-8-22(29)27-15-13-26(14-16-27)18-21(28)25-24(4,5)6/h9-12H,7-8,13-18H2,1-6H3,(H,25,28)/p+1. The van der Waals surface area contributed by atoms with Crippen molar-refractivity contribution < 1.29 is 19.2 Å². The van der Waals surface area contributed by atoms with Crippen molar-refractivity contribution in [2.24, 2.45) is 0 Å². The quantitative estimate of drug-likeness (QED) is 0.664. The first-order valence-corrected chi connectivity index (χ1v) is 11.1. The van der Waals surface area contributed by atoms with Crippen LogP contribution in [0, 0.1) is 0 Å². The molecule has 0 unspecified atom stereocenters. The fourth-order valence-corrected chi connectivity index (χ4v) is 3.56. The molecule has 168 valence electrons. The minimum Gasteiger partial charge on any atom is -0.494 e. The molecule has 1 aliphatic heterocycles. The van der Waals surface area contributed by atoms with Crippen LogP contribution < -0.4 is 15.0 Å². The van der Waals surface area contributed by atoms with Crippen LogP contribution in [0.3, 0.4) is 0 Å². The van der Waals surface area contributed by atoms with Gasteiger partial charge >= 0.3 is 0 Å². The van der Waals surface area contributed by atoms with Gasteiger partial charge in [0.25, 0.3) is 5.91 Å². The van der Waals surface area contributed by atoms with Crippen LogP contribution in [-0.4, -0.2) is 61.6 Å². The maximum absolute atomic E-state index is 12.5. The van der Waals surface area contributed by atoms with E-state index in [1.807, 2.05) is 37.8 Å². The highest BCUT2D eigenvalue weighted by atomic mass is 16.5. The Labute approximate surface area is 182 Å². The van der Waals surface area contributed by atoms with Gasteiger partial charge in [-0.05, 0) is 50.3 Å². The Balaban J connectivity index is 1.64. The average Bonchev–Trinajstić information content (AvgIpc) is 2.64. The summed E-state index contributed by atoms with van der Waals surface area (Å²) in [6, 6.07) is 8.20. The van der Waals surface area contributed by atoms with Crippen molar-refractivity contribution in [3.05, 3.63) is 29.8 Å². The van der Waals surface area contributed by atoms with Crippen molar-refractivity contribution in [3.63, 3.8) is 0 Å². The molecule has 0 bridgehead atoms. The normalized spacial score (nSPS) is 15.7. The summed E-state index contributed by atoms with van der Waals surface area (Å²) in [6.45, 7) is 16.6. The third kappa shape index (κ3) is 8.34. The van der Waals surface area contributed by atoms with E-state index in [2.05, 4.69) is 38.2 Å². The van der Waals surface area contributed by atoms with Gasteiger partial charge in [-0.3, -0.25) is 9.59 Å². The summed E-state index contributed by atoms with van der Waals surface area (Å²) < 4.78 is 5.79. The average molecular weight is 419 g/mol. The molecule has 0 aromatic heterocycles. The van der Waals surface area contributed by atoms with Gasteiger partial charge in [0, 0.05) is 12.0 Å². The molecule has 2 N–H and O–H groups in total. The van der Waals surface area contributed by atoms with Crippen LogP contribution in [0.4, 0.5) is 0 Å². The minimum absolute atomic E-state index is 0.0740. The molecular formula is C24H40N3O3+. The molecule has 0 atom stereocenters. The molecule has 0 radical (unpaired) electrons. The van der Waals surface area contributed by atoms with E-state index in [0.717, 1.165) is 18.8 Å². The van der Waals surface area contributed by atoms with E-state index in [9.17, 15) is 9.59 Å². The number of benzene rings is 1. The molecule has 1 aliphatic rings. The van der Waals surface area contributed by atoms with Crippen LogP contribution in [0.15, 0.2) is 24.3 Å².